The van der Waals surface area contributed by atoms with Crippen molar-refractivity contribution in [2.45, 2.75) is 19.5 Å². The predicted octanol–water partition coefficient (Wildman–Crippen LogP) is 2.52. The zero-order chi connectivity index (χ0) is 12.4. The van der Waals surface area contributed by atoms with Crippen LogP contribution in [0.15, 0.2) is 47.7 Å². The van der Waals surface area contributed by atoms with Crippen molar-refractivity contribution in [2.24, 2.45) is 0 Å². The molecule has 0 aromatic carbocycles. The number of imidazole rings is 1. The van der Waals surface area contributed by atoms with Crippen LogP contribution < -0.4 is 5.32 Å². The van der Waals surface area contributed by atoms with Crippen LogP contribution in [0, 0.1) is 0 Å². The third-order valence-electron chi connectivity index (χ3n) is 2.81. The van der Waals surface area contributed by atoms with Gasteiger partial charge in [0.15, 0.2) is 0 Å². The topological polar surface area (TPSA) is 55.9 Å². The fourth-order valence-electron chi connectivity index (χ4n) is 2.00. The highest BCUT2D eigenvalue weighted by molar-refractivity contribution is 5.87. The molecule has 0 amide bonds. The van der Waals surface area contributed by atoms with Crippen molar-refractivity contribution < 1.29 is 4.42 Å². The summed E-state index contributed by atoms with van der Waals surface area (Å²) in [7, 11) is 0. The van der Waals surface area contributed by atoms with Crippen LogP contribution in [0.25, 0.3) is 11.0 Å². The average Bonchev–Trinajstić information content (AvgIpc) is 2.99. The maximum absolute atomic E-state index is 5.35. The molecule has 0 saturated heterocycles. The minimum absolute atomic E-state index is 0.257. The Bertz CT molecular complexity index is 629. The van der Waals surface area contributed by atoms with Crippen molar-refractivity contribution in [1.82, 2.24) is 14.5 Å². The van der Waals surface area contributed by atoms with E-state index >= 15 is 0 Å². The molecule has 1 atom stereocenters. The number of furan rings is 1. The molecule has 0 aliphatic carbocycles. The Hall–Kier alpha value is -2.30. The van der Waals surface area contributed by atoms with Gasteiger partial charge in [-0.3, -0.25) is 0 Å². The number of nitrogens with one attached hydrogen (secondary N) is 1. The van der Waals surface area contributed by atoms with E-state index in [1.54, 1.807) is 18.7 Å². The normalized spacial score (nSPS) is 12.7. The van der Waals surface area contributed by atoms with E-state index in [1.807, 2.05) is 29.2 Å². The first-order valence-corrected chi connectivity index (χ1v) is 5.87. The van der Waals surface area contributed by atoms with Gasteiger partial charge in [-0.05, 0) is 19.1 Å². The monoisotopic (exact) mass is 242 g/mol. The van der Waals surface area contributed by atoms with Gasteiger partial charge >= 0.3 is 0 Å². The average molecular weight is 242 g/mol. The molecule has 5 heteroatoms. The summed E-state index contributed by atoms with van der Waals surface area (Å²) < 4.78 is 7.39. The van der Waals surface area contributed by atoms with Gasteiger partial charge in [-0.2, -0.15) is 0 Å². The van der Waals surface area contributed by atoms with Crippen molar-refractivity contribution in [3.8, 4) is 0 Å². The molecule has 5 nitrogen and oxygen atoms in total. The third-order valence-corrected chi connectivity index (χ3v) is 2.81. The fourth-order valence-corrected chi connectivity index (χ4v) is 2.00. The summed E-state index contributed by atoms with van der Waals surface area (Å²) in [6, 6.07) is 4.04. The number of anilines is 1. The second kappa shape index (κ2) is 4.52. The molecule has 3 aromatic heterocycles. The summed E-state index contributed by atoms with van der Waals surface area (Å²) in [4.78, 5) is 8.38. The van der Waals surface area contributed by atoms with E-state index in [1.165, 1.54) is 0 Å². The summed E-state index contributed by atoms with van der Waals surface area (Å²) in [5.41, 5.74) is 0.849. The van der Waals surface area contributed by atoms with Crippen LogP contribution in [0.3, 0.4) is 0 Å². The molecule has 3 rings (SSSR count). The maximum Gasteiger partial charge on any atom is 0.139 e. The van der Waals surface area contributed by atoms with Crippen molar-refractivity contribution in [3.63, 3.8) is 0 Å². The number of hydrogen-bond acceptors (Lipinski definition) is 4. The van der Waals surface area contributed by atoms with Crippen LogP contribution in [-0.2, 0) is 6.54 Å². The van der Waals surface area contributed by atoms with Crippen LogP contribution in [0.4, 0.5) is 5.82 Å². The Morgan fingerprint density at radius 1 is 1.39 bits per heavy atom. The van der Waals surface area contributed by atoms with Gasteiger partial charge in [0.1, 0.15) is 11.4 Å². The zero-order valence-corrected chi connectivity index (χ0v) is 10.1. The summed E-state index contributed by atoms with van der Waals surface area (Å²) in [6.07, 6.45) is 8.96. The molecule has 18 heavy (non-hydrogen) atoms. The lowest BCUT2D eigenvalue weighted by Gasteiger charge is -2.15. The van der Waals surface area contributed by atoms with Gasteiger partial charge in [0.2, 0.25) is 0 Å². The molecular formula is C13H14N4O. The molecule has 1 unspecified atom stereocenters. The smallest absolute Gasteiger partial charge is 0.139 e. The third kappa shape index (κ3) is 2.07. The lowest BCUT2D eigenvalue weighted by atomic mass is 10.2. The van der Waals surface area contributed by atoms with Crippen LogP contribution in [0.1, 0.15) is 6.92 Å². The van der Waals surface area contributed by atoms with Crippen molar-refractivity contribution in [3.05, 3.63) is 43.3 Å². The second-order valence-electron chi connectivity index (χ2n) is 4.30. The zero-order valence-electron chi connectivity index (χ0n) is 10.1. The Labute approximate surface area is 104 Å². The Balaban J connectivity index is 1.77. The van der Waals surface area contributed by atoms with Crippen LogP contribution in [0.2, 0.25) is 0 Å². The van der Waals surface area contributed by atoms with Crippen molar-refractivity contribution in [2.75, 3.05) is 5.32 Å². The molecule has 92 valence electrons. The first-order chi connectivity index (χ1) is 8.83. The van der Waals surface area contributed by atoms with E-state index in [0.717, 1.165) is 23.3 Å². The molecule has 1 N–H and O–H groups in total. The SMILES string of the molecule is CC(Cn1ccnc1)Nc1nccc2occc12. The standard InChI is InChI=1S/C13H14N4O/c1-10(8-17-6-5-14-9-17)16-13-11-3-7-18-12(11)2-4-15-13/h2-7,9-10H,8H2,1H3,(H,15,16). The van der Waals surface area contributed by atoms with Crippen LogP contribution >= 0.6 is 0 Å². The first-order valence-electron chi connectivity index (χ1n) is 5.87. The van der Waals surface area contributed by atoms with E-state index in [0.29, 0.717) is 0 Å². The van der Waals surface area contributed by atoms with E-state index in [2.05, 4.69) is 22.2 Å². The van der Waals surface area contributed by atoms with E-state index in [4.69, 9.17) is 4.42 Å². The largest absolute Gasteiger partial charge is 0.464 e. The van der Waals surface area contributed by atoms with Crippen LogP contribution in [-0.4, -0.2) is 20.6 Å². The molecule has 0 fully saturated rings. The molecular weight excluding hydrogens is 228 g/mol. The Morgan fingerprint density at radius 2 is 2.33 bits per heavy atom. The molecule has 0 saturated carbocycles. The number of hydrogen-bond donors (Lipinski definition) is 1. The number of pyridine rings is 1. The number of rotatable bonds is 4. The van der Waals surface area contributed by atoms with Crippen LogP contribution in [0.5, 0.6) is 0 Å². The summed E-state index contributed by atoms with van der Waals surface area (Å²) in [5.74, 6) is 0.855. The fraction of sp³-hybridized carbons (Fsp3) is 0.231. The van der Waals surface area contributed by atoms with Gasteiger partial charge in [0.25, 0.3) is 0 Å². The predicted molar refractivity (Wildman–Crippen MR) is 69.3 cm³/mol. The highest BCUT2D eigenvalue weighted by Gasteiger charge is 2.08. The molecule has 3 heterocycles. The first kappa shape index (κ1) is 10.8. The highest BCUT2D eigenvalue weighted by Crippen LogP contribution is 2.22. The summed E-state index contributed by atoms with van der Waals surface area (Å²) in [5, 5.41) is 4.40. The quantitative estimate of drug-likeness (QED) is 0.763. The Morgan fingerprint density at radius 3 is 3.17 bits per heavy atom. The Kier molecular flexibility index (Phi) is 2.72. The highest BCUT2D eigenvalue weighted by atomic mass is 16.3. The number of aromatic nitrogens is 3. The molecule has 0 bridgehead atoms. The van der Waals surface area contributed by atoms with Crippen molar-refractivity contribution >= 4 is 16.8 Å². The lowest BCUT2D eigenvalue weighted by molar-refractivity contribution is 0.613. The molecule has 0 spiro atoms. The van der Waals surface area contributed by atoms with Gasteiger partial charge in [-0.15, -0.1) is 0 Å². The summed E-state index contributed by atoms with van der Waals surface area (Å²) >= 11 is 0. The van der Waals surface area contributed by atoms with Gasteiger partial charge < -0.3 is 14.3 Å². The lowest BCUT2D eigenvalue weighted by Crippen LogP contribution is -2.21. The molecule has 3 aromatic rings. The van der Waals surface area contributed by atoms with Gasteiger partial charge in [-0.25, -0.2) is 9.97 Å². The van der Waals surface area contributed by atoms with Crippen molar-refractivity contribution in [1.29, 1.82) is 0 Å². The van der Waals surface area contributed by atoms with E-state index in [9.17, 15) is 0 Å². The van der Waals surface area contributed by atoms with Gasteiger partial charge in [0.05, 0.1) is 18.0 Å². The molecule has 0 aliphatic heterocycles. The second-order valence-corrected chi connectivity index (χ2v) is 4.30. The summed E-state index contributed by atoms with van der Waals surface area (Å²) in [6.45, 7) is 2.95. The molecule has 0 aliphatic rings. The van der Waals surface area contributed by atoms with Gasteiger partial charge in [0, 0.05) is 31.2 Å². The molecule has 0 radical (unpaired) electrons. The maximum atomic E-state index is 5.35. The van der Waals surface area contributed by atoms with E-state index < -0.39 is 0 Å². The van der Waals surface area contributed by atoms with Gasteiger partial charge in [-0.1, -0.05) is 0 Å². The van der Waals surface area contributed by atoms with E-state index in [-0.39, 0.29) is 6.04 Å². The minimum atomic E-state index is 0.257. The minimum Gasteiger partial charge on any atom is -0.464 e. The number of nitrogens with zero attached hydrogens (tertiary/aromatic N) is 3. The number of fused-ring (bicyclic) bond motifs is 1.